The van der Waals surface area contributed by atoms with Crippen LogP contribution in [0, 0.1) is 6.92 Å². The minimum absolute atomic E-state index is 0.0970. The van der Waals surface area contributed by atoms with Crippen LogP contribution in [0.25, 0.3) is 10.8 Å². The predicted molar refractivity (Wildman–Crippen MR) is 113 cm³/mol. The number of aryl methyl sites for hydroxylation is 1. The maximum absolute atomic E-state index is 12.0. The molecular formula is C23H26O9. The Kier molecular flexibility index (Phi) is 7.15. The molecule has 1 aliphatic heterocycles. The van der Waals surface area contributed by atoms with Crippen LogP contribution in [0.3, 0.4) is 0 Å². The third kappa shape index (κ3) is 4.61. The highest BCUT2D eigenvalue weighted by atomic mass is 16.7. The molecule has 0 spiro atoms. The van der Waals surface area contributed by atoms with Crippen LogP contribution in [-0.4, -0.2) is 69.5 Å². The summed E-state index contributed by atoms with van der Waals surface area (Å²) in [4.78, 5) is 23.6. The van der Waals surface area contributed by atoms with Crippen molar-refractivity contribution in [2.75, 3.05) is 6.61 Å². The number of carbonyl (C=O) groups excluding carboxylic acids is 2. The standard InChI is InChI=1S/C23H26O9/c1-4-6-16(25)30-10-15-19(26)21(28)22(29)23(32-15)31-14-8-5-7-13-9-11(2)17(12(3)24)20(27)18(13)14/h4-9,15,19,21-23,26-29H,10H2,1-3H3/t15-,19-,21+,22-,23-/m1/s1. The van der Waals surface area contributed by atoms with Gasteiger partial charge in [-0.25, -0.2) is 4.79 Å². The zero-order valence-electron chi connectivity index (χ0n) is 17.9. The average Bonchev–Trinajstić information content (AvgIpc) is 2.73. The summed E-state index contributed by atoms with van der Waals surface area (Å²) in [7, 11) is 0. The quantitative estimate of drug-likeness (QED) is 0.294. The van der Waals surface area contributed by atoms with Crippen molar-refractivity contribution >= 4 is 22.5 Å². The molecule has 9 nitrogen and oxygen atoms in total. The van der Waals surface area contributed by atoms with E-state index in [2.05, 4.69) is 0 Å². The second-order valence-electron chi connectivity index (χ2n) is 7.59. The Morgan fingerprint density at radius 3 is 2.53 bits per heavy atom. The van der Waals surface area contributed by atoms with Gasteiger partial charge in [0.1, 0.15) is 42.5 Å². The monoisotopic (exact) mass is 446 g/mol. The van der Waals surface area contributed by atoms with E-state index in [0.29, 0.717) is 10.9 Å². The number of aliphatic hydroxyl groups excluding tert-OH is 3. The molecule has 4 N–H and O–H groups in total. The van der Waals surface area contributed by atoms with E-state index >= 15 is 0 Å². The fourth-order valence-corrected chi connectivity index (χ4v) is 3.71. The third-order valence-electron chi connectivity index (χ3n) is 5.25. The normalized spacial score (nSPS) is 25.8. The van der Waals surface area contributed by atoms with Gasteiger partial charge in [-0.3, -0.25) is 4.79 Å². The molecule has 0 radical (unpaired) electrons. The summed E-state index contributed by atoms with van der Waals surface area (Å²) >= 11 is 0. The number of phenolic OH excluding ortho intramolecular Hbond substituents is 1. The summed E-state index contributed by atoms with van der Waals surface area (Å²) in [6.45, 7) is 4.29. The van der Waals surface area contributed by atoms with Crippen LogP contribution in [0.2, 0.25) is 0 Å². The van der Waals surface area contributed by atoms with E-state index in [1.54, 1.807) is 32.0 Å². The number of aromatic hydroxyl groups is 1. The Balaban J connectivity index is 1.92. The van der Waals surface area contributed by atoms with E-state index < -0.39 is 36.7 Å². The van der Waals surface area contributed by atoms with Gasteiger partial charge in [0, 0.05) is 6.08 Å². The zero-order chi connectivity index (χ0) is 23.6. The lowest BCUT2D eigenvalue weighted by Gasteiger charge is -2.40. The van der Waals surface area contributed by atoms with E-state index in [1.165, 1.54) is 25.1 Å². The number of Topliss-reactive ketones (excluding diaryl/α,β-unsaturated/α-hetero) is 1. The molecule has 9 heteroatoms. The summed E-state index contributed by atoms with van der Waals surface area (Å²) in [5.74, 6) is -1.16. The van der Waals surface area contributed by atoms with Gasteiger partial charge >= 0.3 is 5.97 Å². The van der Waals surface area contributed by atoms with Crippen molar-refractivity contribution < 1.29 is 44.2 Å². The van der Waals surface area contributed by atoms with E-state index in [9.17, 15) is 30.0 Å². The number of aliphatic hydroxyl groups is 3. The molecule has 172 valence electrons. The molecule has 1 saturated heterocycles. The van der Waals surface area contributed by atoms with Crippen LogP contribution in [0.15, 0.2) is 36.4 Å². The molecule has 0 aliphatic carbocycles. The number of ketones is 1. The van der Waals surface area contributed by atoms with E-state index in [-0.39, 0.29) is 34.8 Å². The molecule has 5 atom stereocenters. The molecule has 0 saturated carbocycles. The van der Waals surface area contributed by atoms with Crippen molar-refractivity contribution in [2.24, 2.45) is 0 Å². The van der Waals surface area contributed by atoms with Gasteiger partial charge in [-0.2, -0.15) is 0 Å². The fraction of sp³-hybridized carbons (Fsp3) is 0.391. The van der Waals surface area contributed by atoms with Gasteiger partial charge < -0.3 is 34.6 Å². The summed E-state index contributed by atoms with van der Waals surface area (Å²) in [6, 6.07) is 6.61. The van der Waals surface area contributed by atoms with Crippen molar-refractivity contribution in [3.8, 4) is 11.5 Å². The lowest BCUT2D eigenvalue weighted by molar-refractivity contribution is -0.278. The molecular weight excluding hydrogens is 420 g/mol. The molecule has 0 amide bonds. The Labute approximate surface area is 184 Å². The van der Waals surface area contributed by atoms with Gasteiger partial charge in [0.15, 0.2) is 5.78 Å². The number of phenols is 1. The van der Waals surface area contributed by atoms with Gasteiger partial charge in [-0.05, 0) is 37.8 Å². The molecule has 1 aliphatic rings. The number of hydrogen-bond donors (Lipinski definition) is 4. The number of hydrogen-bond acceptors (Lipinski definition) is 9. The number of benzene rings is 2. The SMILES string of the molecule is CC=CC(=O)OC[C@H]1O[C@@H](Oc2cccc3cc(C)c(C(C)=O)c(O)c23)[C@H](O)[C@@H](O)[C@@H]1O. The number of fused-ring (bicyclic) bond motifs is 1. The minimum Gasteiger partial charge on any atom is -0.506 e. The number of esters is 1. The Morgan fingerprint density at radius 1 is 1.16 bits per heavy atom. The molecule has 0 bridgehead atoms. The largest absolute Gasteiger partial charge is 0.506 e. The number of ether oxygens (including phenoxy) is 3. The Bertz CT molecular complexity index is 1050. The van der Waals surface area contributed by atoms with Gasteiger partial charge in [0.05, 0.1) is 10.9 Å². The topological polar surface area (TPSA) is 143 Å². The maximum atomic E-state index is 12.0. The summed E-state index contributed by atoms with van der Waals surface area (Å²) in [5.41, 5.74) is 0.734. The van der Waals surface area contributed by atoms with Gasteiger partial charge in [-0.1, -0.05) is 24.3 Å². The number of allylic oxidation sites excluding steroid dienone is 1. The molecule has 2 aromatic rings. The van der Waals surface area contributed by atoms with Crippen LogP contribution in [0.1, 0.15) is 29.8 Å². The van der Waals surface area contributed by atoms with Crippen LogP contribution in [-0.2, 0) is 14.3 Å². The first-order valence-electron chi connectivity index (χ1n) is 10.1. The van der Waals surface area contributed by atoms with Crippen molar-refractivity contribution in [3.05, 3.63) is 47.5 Å². The van der Waals surface area contributed by atoms with Crippen molar-refractivity contribution in [1.82, 2.24) is 0 Å². The predicted octanol–water partition coefficient (Wildman–Crippen LogP) is 1.36. The van der Waals surface area contributed by atoms with Crippen molar-refractivity contribution in [3.63, 3.8) is 0 Å². The molecule has 0 aromatic heterocycles. The first kappa shape index (κ1) is 23.7. The van der Waals surface area contributed by atoms with E-state index in [1.807, 2.05) is 0 Å². The molecule has 1 heterocycles. The lowest BCUT2D eigenvalue weighted by atomic mass is 9.97. The second kappa shape index (κ2) is 9.66. The van der Waals surface area contributed by atoms with Crippen LogP contribution < -0.4 is 4.74 Å². The van der Waals surface area contributed by atoms with Gasteiger partial charge in [0.25, 0.3) is 0 Å². The van der Waals surface area contributed by atoms with Crippen molar-refractivity contribution in [2.45, 2.75) is 51.5 Å². The highest BCUT2D eigenvalue weighted by Gasteiger charge is 2.45. The maximum Gasteiger partial charge on any atom is 0.330 e. The second-order valence-corrected chi connectivity index (χ2v) is 7.59. The summed E-state index contributed by atoms with van der Waals surface area (Å²) in [6.07, 6.45) is -4.77. The van der Waals surface area contributed by atoms with Crippen LogP contribution in [0.4, 0.5) is 0 Å². The van der Waals surface area contributed by atoms with E-state index in [4.69, 9.17) is 14.2 Å². The highest BCUT2D eigenvalue weighted by molar-refractivity contribution is 6.06. The average molecular weight is 446 g/mol. The Morgan fingerprint density at radius 2 is 1.88 bits per heavy atom. The van der Waals surface area contributed by atoms with Gasteiger partial charge in [0.2, 0.25) is 6.29 Å². The summed E-state index contributed by atoms with van der Waals surface area (Å²) < 4.78 is 16.3. The highest BCUT2D eigenvalue weighted by Crippen LogP contribution is 2.39. The molecule has 32 heavy (non-hydrogen) atoms. The van der Waals surface area contributed by atoms with E-state index in [0.717, 1.165) is 0 Å². The zero-order valence-corrected chi connectivity index (χ0v) is 17.9. The molecule has 0 unspecified atom stereocenters. The lowest BCUT2D eigenvalue weighted by Crippen LogP contribution is -2.60. The number of rotatable bonds is 6. The van der Waals surface area contributed by atoms with Crippen LogP contribution in [0.5, 0.6) is 11.5 Å². The minimum atomic E-state index is -1.64. The first-order valence-corrected chi connectivity index (χ1v) is 10.1. The van der Waals surface area contributed by atoms with Crippen molar-refractivity contribution in [1.29, 1.82) is 0 Å². The summed E-state index contributed by atoms with van der Waals surface area (Å²) in [5, 5.41) is 42.4. The molecule has 3 rings (SSSR count). The molecule has 1 fully saturated rings. The Hall–Kier alpha value is -2.98. The third-order valence-corrected chi connectivity index (χ3v) is 5.25. The smallest absolute Gasteiger partial charge is 0.330 e. The number of carbonyl (C=O) groups is 2. The first-order chi connectivity index (χ1) is 15.1. The van der Waals surface area contributed by atoms with Crippen LogP contribution >= 0.6 is 0 Å². The fourth-order valence-electron chi connectivity index (χ4n) is 3.71. The van der Waals surface area contributed by atoms with Gasteiger partial charge in [-0.15, -0.1) is 0 Å². The molecule has 2 aromatic carbocycles.